The molecule has 2 amide bonds. The number of aliphatic carboxylic acids is 1. The molecule has 0 aromatic heterocycles. The van der Waals surface area contributed by atoms with E-state index in [-0.39, 0.29) is 11.8 Å². The van der Waals surface area contributed by atoms with E-state index in [9.17, 15) is 19.5 Å². The van der Waals surface area contributed by atoms with Gasteiger partial charge in [-0.2, -0.15) is 0 Å². The third-order valence-corrected chi connectivity index (χ3v) is 5.88. The second-order valence-electron chi connectivity index (χ2n) is 8.69. The zero-order valence-corrected chi connectivity index (χ0v) is 20.1. The minimum Gasteiger partial charge on any atom is -0.480 e. The van der Waals surface area contributed by atoms with Gasteiger partial charge >= 0.3 is 5.97 Å². The molecule has 0 bridgehead atoms. The van der Waals surface area contributed by atoms with Crippen molar-refractivity contribution in [2.24, 2.45) is 11.7 Å². The summed E-state index contributed by atoms with van der Waals surface area (Å²) in [5.74, 6) is -1.70. The van der Waals surface area contributed by atoms with E-state index in [0.717, 1.165) is 19.3 Å². The first-order valence-electron chi connectivity index (χ1n) is 12.4. The lowest BCUT2D eigenvalue weighted by atomic mass is 9.97. The van der Waals surface area contributed by atoms with Crippen LogP contribution in [-0.4, -0.2) is 41.5 Å². The number of unbranched alkanes of at least 4 members (excludes halogenated alkanes) is 9. The molecule has 0 aliphatic carbocycles. The van der Waals surface area contributed by atoms with Crippen molar-refractivity contribution < 1.29 is 19.5 Å². The number of hydrogen-bond acceptors (Lipinski definition) is 4. The van der Waals surface area contributed by atoms with Crippen molar-refractivity contribution in [3.63, 3.8) is 0 Å². The molecule has 7 heteroatoms. The Hall–Kier alpha value is -1.63. The van der Waals surface area contributed by atoms with Gasteiger partial charge in [0.15, 0.2) is 0 Å². The third kappa shape index (κ3) is 14.9. The average molecular weight is 442 g/mol. The quantitative estimate of drug-likeness (QED) is 0.212. The molecule has 5 N–H and O–H groups in total. The number of hydrogen-bond donors (Lipinski definition) is 4. The van der Waals surface area contributed by atoms with Crippen molar-refractivity contribution in [3.8, 4) is 0 Å². The highest BCUT2D eigenvalue weighted by atomic mass is 16.4. The minimum atomic E-state index is -1.06. The van der Waals surface area contributed by atoms with Crippen molar-refractivity contribution in [1.82, 2.24) is 10.6 Å². The topological polar surface area (TPSA) is 122 Å². The molecule has 0 rings (SSSR count). The first kappa shape index (κ1) is 29.4. The van der Waals surface area contributed by atoms with E-state index in [1.54, 1.807) is 0 Å². The van der Waals surface area contributed by atoms with Gasteiger partial charge in [-0.05, 0) is 38.1 Å². The molecular weight excluding hydrogens is 394 g/mol. The van der Waals surface area contributed by atoms with Crippen LogP contribution in [0.5, 0.6) is 0 Å². The fourth-order valence-corrected chi connectivity index (χ4v) is 3.56. The van der Waals surface area contributed by atoms with E-state index >= 15 is 0 Å². The summed E-state index contributed by atoms with van der Waals surface area (Å²) in [6.45, 7) is 6.56. The van der Waals surface area contributed by atoms with Crippen molar-refractivity contribution in [1.29, 1.82) is 0 Å². The van der Waals surface area contributed by atoms with Crippen molar-refractivity contribution in [2.75, 3.05) is 6.54 Å². The van der Waals surface area contributed by atoms with Gasteiger partial charge in [0.25, 0.3) is 0 Å². The van der Waals surface area contributed by atoms with Gasteiger partial charge < -0.3 is 21.5 Å². The molecule has 3 atom stereocenters. The molecule has 0 saturated carbocycles. The molecule has 0 aromatic rings. The number of amides is 2. The van der Waals surface area contributed by atoms with Crippen LogP contribution >= 0.6 is 0 Å². The molecule has 0 aliphatic heterocycles. The zero-order chi connectivity index (χ0) is 23.5. The number of carboxylic acids is 1. The number of carboxylic acid groups (broad SMARTS) is 1. The molecule has 0 aromatic carbocycles. The summed E-state index contributed by atoms with van der Waals surface area (Å²) in [5, 5.41) is 14.8. The van der Waals surface area contributed by atoms with Crippen LogP contribution < -0.4 is 16.4 Å². The maximum atomic E-state index is 12.7. The summed E-state index contributed by atoms with van der Waals surface area (Å²) in [6.07, 6.45) is 13.4. The summed E-state index contributed by atoms with van der Waals surface area (Å²) < 4.78 is 0. The van der Waals surface area contributed by atoms with Crippen LogP contribution in [0.4, 0.5) is 0 Å². The maximum Gasteiger partial charge on any atom is 0.326 e. The summed E-state index contributed by atoms with van der Waals surface area (Å²) in [7, 11) is 0. The van der Waals surface area contributed by atoms with Gasteiger partial charge in [-0.25, -0.2) is 4.79 Å². The zero-order valence-electron chi connectivity index (χ0n) is 20.1. The predicted octanol–water partition coefficient (Wildman–Crippen LogP) is 4.14. The number of nitrogens with two attached hydrogens (primary N) is 1. The summed E-state index contributed by atoms with van der Waals surface area (Å²) in [4.78, 5) is 36.6. The molecule has 7 nitrogen and oxygen atoms in total. The number of nitrogens with one attached hydrogen (secondary N) is 2. The molecule has 0 unspecified atom stereocenters. The number of rotatable bonds is 20. The van der Waals surface area contributed by atoms with Crippen LogP contribution in [-0.2, 0) is 14.4 Å². The molecule has 0 radical (unpaired) electrons. The molecule has 182 valence electrons. The Morgan fingerprint density at radius 3 is 1.94 bits per heavy atom. The van der Waals surface area contributed by atoms with E-state index in [2.05, 4.69) is 17.6 Å². The Kier molecular flexibility index (Phi) is 18.1. The number of carbonyl (C=O) groups excluding carboxylic acids is 2. The van der Waals surface area contributed by atoms with Crippen LogP contribution in [0.25, 0.3) is 0 Å². The Bertz CT molecular complexity index is 499. The highest BCUT2D eigenvalue weighted by Gasteiger charge is 2.29. The molecule has 0 aliphatic rings. The lowest BCUT2D eigenvalue weighted by molar-refractivity contribution is -0.142. The normalized spacial score (nSPS) is 13.9. The average Bonchev–Trinajstić information content (AvgIpc) is 2.74. The second-order valence-corrected chi connectivity index (χ2v) is 8.69. The smallest absolute Gasteiger partial charge is 0.326 e. The fraction of sp³-hybridized carbons (Fsp3) is 0.875. The fourth-order valence-electron chi connectivity index (χ4n) is 3.56. The van der Waals surface area contributed by atoms with E-state index in [1.807, 2.05) is 13.8 Å². The molecule has 0 saturated heterocycles. The van der Waals surface area contributed by atoms with E-state index in [4.69, 9.17) is 5.73 Å². The Labute approximate surface area is 189 Å². The van der Waals surface area contributed by atoms with Crippen molar-refractivity contribution in [2.45, 2.75) is 123 Å². The minimum absolute atomic E-state index is 0.0782. The van der Waals surface area contributed by atoms with E-state index in [1.165, 1.54) is 38.5 Å². The monoisotopic (exact) mass is 441 g/mol. The van der Waals surface area contributed by atoms with Crippen molar-refractivity contribution >= 4 is 17.8 Å². The standard InChI is InChI=1S/C24H47N3O4/c1-4-6-7-8-9-10-11-12-13-17-21(28)27-22(19(3)5-2)23(29)26-20(24(30)31)16-14-15-18-25/h19-20,22H,4-18,25H2,1-3H3,(H,26,29)(H,27,28)(H,30,31)/t19-,20-,22-/m0/s1. The third-order valence-electron chi connectivity index (χ3n) is 5.88. The Morgan fingerprint density at radius 1 is 0.839 bits per heavy atom. The van der Waals surface area contributed by atoms with Gasteiger partial charge in [0.05, 0.1) is 0 Å². The number of carbonyl (C=O) groups is 3. The lowest BCUT2D eigenvalue weighted by Gasteiger charge is -2.25. The van der Waals surface area contributed by atoms with Gasteiger partial charge in [-0.3, -0.25) is 9.59 Å². The van der Waals surface area contributed by atoms with Gasteiger partial charge in [-0.15, -0.1) is 0 Å². The van der Waals surface area contributed by atoms with Gasteiger partial charge in [0, 0.05) is 6.42 Å². The Morgan fingerprint density at radius 2 is 1.42 bits per heavy atom. The highest BCUT2D eigenvalue weighted by Crippen LogP contribution is 2.12. The molecule has 31 heavy (non-hydrogen) atoms. The van der Waals surface area contributed by atoms with E-state index < -0.39 is 24.0 Å². The van der Waals surface area contributed by atoms with Gasteiger partial charge in [0.2, 0.25) is 11.8 Å². The maximum absolute atomic E-state index is 12.7. The van der Waals surface area contributed by atoms with Crippen LogP contribution in [0.2, 0.25) is 0 Å². The molecule has 0 heterocycles. The molecule has 0 fully saturated rings. The predicted molar refractivity (Wildman–Crippen MR) is 126 cm³/mol. The first-order chi connectivity index (χ1) is 14.9. The summed E-state index contributed by atoms with van der Waals surface area (Å²) in [6, 6.07) is -1.67. The molecule has 0 spiro atoms. The largest absolute Gasteiger partial charge is 0.480 e. The van der Waals surface area contributed by atoms with Crippen LogP contribution in [0.3, 0.4) is 0 Å². The van der Waals surface area contributed by atoms with Gasteiger partial charge in [-0.1, -0.05) is 78.6 Å². The summed E-state index contributed by atoms with van der Waals surface area (Å²) >= 11 is 0. The van der Waals surface area contributed by atoms with Crippen LogP contribution in [0, 0.1) is 5.92 Å². The van der Waals surface area contributed by atoms with Crippen molar-refractivity contribution in [3.05, 3.63) is 0 Å². The van der Waals surface area contributed by atoms with Crippen LogP contribution in [0.1, 0.15) is 111 Å². The second kappa shape index (κ2) is 19.1. The molecular formula is C24H47N3O4. The summed E-state index contributed by atoms with van der Waals surface area (Å²) in [5.41, 5.74) is 5.46. The van der Waals surface area contributed by atoms with E-state index in [0.29, 0.717) is 38.6 Å². The first-order valence-corrected chi connectivity index (χ1v) is 12.4. The van der Waals surface area contributed by atoms with Crippen LogP contribution in [0.15, 0.2) is 0 Å². The van der Waals surface area contributed by atoms with Gasteiger partial charge in [0.1, 0.15) is 12.1 Å². The lowest BCUT2D eigenvalue weighted by Crippen LogP contribution is -2.54. The highest BCUT2D eigenvalue weighted by molar-refractivity contribution is 5.90. The Balaban J connectivity index is 4.42. The SMILES string of the molecule is CCCCCCCCCCCC(=O)N[C@H](C(=O)N[C@@H](CCCCN)C(=O)O)[C@@H](C)CC.